The van der Waals surface area contributed by atoms with Crippen molar-refractivity contribution >= 4 is 33.6 Å². The Morgan fingerprint density at radius 3 is 2.89 bits per heavy atom. The summed E-state index contributed by atoms with van der Waals surface area (Å²) >= 11 is 5.45. The lowest BCUT2D eigenvalue weighted by Crippen LogP contribution is -2.33. The summed E-state index contributed by atoms with van der Waals surface area (Å²) in [6.45, 7) is 4.20. The second-order valence-corrected chi connectivity index (χ2v) is 7.57. The van der Waals surface area contributed by atoms with Gasteiger partial charge in [0, 0.05) is 21.3 Å². The van der Waals surface area contributed by atoms with E-state index in [1.165, 1.54) is 6.42 Å². The normalized spacial score (nSPS) is 22.5. The number of hydrogen-bond donors (Lipinski definition) is 1. The third-order valence-corrected chi connectivity index (χ3v) is 5.12. The van der Waals surface area contributed by atoms with Gasteiger partial charge < -0.3 is 5.32 Å². The number of amides is 1. The zero-order chi connectivity index (χ0) is 13.8. The van der Waals surface area contributed by atoms with E-state index in [1.54, 1.807) is 0 Å². The first kappa shape index (κ1) is 14.9. The van der Waals surface area contributed by atoms with E-state index in [0.29, 0.717) is 6.04 Å². The Morgan fingerprint density at radius 1 is 1.42 bits per heavy atom. The number of hydrogen-bond acceptors (Lipinski definition) is 2. The molecule has 0 bridgehead atoms. The summed E-state index contributed by atoms with van der Waals surface area (Å²) in [7, 11) is 0. The molecule has 2 atom stereocenters. The zero-order valence-corrected chi connectivity index (χ0v) is 13.8. The number of rotatable bonds is 4. The minimum absolute atomic E-state index is 0.0524. The minimum atomic E-state index is 0.0524. The van der Waals surface area contributed by atoms with Crippen LogP contribution in [0.25, 0.3) is 0 Å². The molecular weight excluding hydrogens is 322 g/mol. The molecule has 0 spiro atoms. The molecule has 0 aliphatic heterocycles. The van der Waals surface area contributed by atoms with Crippen LogP contribution in [0.5, 0.6) is 0 Å². The molecule has 1 aromatic carbocycles. The molecule has 1 amide bonds. The van der Waals surface area contributed by atoms with Gasteiger partial charge in [0.2, 0.25) is 0 Å². The fourth-order valence-corrected chi connectivity index (χ4v) is 4.34. The van der Waals surface area contributed by atoms with Crippen LogP contribution in [-0.2, 0) is 0 Å². The number of aryl methyl sites for hydroxylation is 1. The fraction of sp³-hybridized carbons (Fsp3) is 0.533. The van der Waals surface area contributed by atoms with Gasteiger partial charge >= 0.3 is 0 Å². The number of nitrogens with one attached hydrogen (secondary N) is 1. The van der Waals surface area contributed by atoms with Crippen molar-refractivity contribution < 1.29 is 4.79 Å². The van der Waals surface area contributed by atoms with Gasteiger partial charge in [-0.2, -0.15) is 11.8 Å². The standard InChI is InChI=1S/C15H20BrNOS/c1-3-19-14-5-4-13(9-14)17-15(18)11-6-10(2)7-12(16)8-11/h6-8,13-14H,3-5,9H2,1-2H3,(H,17,18). The summed E-state index contributed by atoms with van der Waals surface area (Å²) in [6.07, 6.45) is 3.44. The average molecular weight is 342 g/mol. The first-order chi connectivity index (χ1) is 9.08. The largest absolute Gasteiger partial charge is 0.349 e. The number of halogens is 1. The van der Waals surface area contributed by atoms with Crippen molar-refractivity contribution in [3.63, 3.8) is 0 Å². The lowest BCUT2D eigenvalue weighted by Gasteiger charge is -2.13. The van der Waals surface area contributed by atoms with E-state index in [9.17, 15) is 4.79 Å². The Labute approximate surface area is 127 Å². The third kappa shape index (κ3) is 4.25. The van der Waals surface area contributed by atoms with Crippen LogP contribution in [-0.4, -0.2) is 23.0 Å². The minimum Gasteiger partial charge on any atom is -0.349 e. The molecule has 2 nitrogen and oxygen atoms in total. The highest BCUT2D eigenvalue weighted by Gasteiger charge is 2.26. The SMILES string of the molecule is CCSC1CCC(NC(=O)c2cc(C)cc(Br)c2)C1. The van der Waals surface area contributed by atoms with E-state index < -0.39 is 0 Å². The maximum Gasteiger partial charge on any atom is 0.251 e. The van der Waals surface area contributed by atoms with Crippen LogP contribution >= 0.6 is 27.7 Å². The van der Waals surface area contributed by atoms with Crippen molar-refractivity contribution in [2.45, 2.75) is 44.4 Å². The van der Waals surface area contributed by atoms with Crippen LogP contribution in [0.15, 0.2) is 22.7 Å². The van der Waals surface area contributed by atoms with Crippen LogP contribution in [0.3, 0.4) is 0 Å². The highest BCUT2D eigenvalue weighted by atomic mass is 79.9. The topological polar surface area (TPSA) is 29.1 Å². The number of carbonyl (C=O) groups is 1. The van der Waals surface area contributed by atoms with Gasteiger partial charge in [-0.1, -0.05) is 22.9 Å². The smallest absolute Gasteiger partial charge is 0.251 e. The molecule has 1 fully saturated rings. The van der Waals surface area contributed by atoms with Crippen molar-refractivity contribution in [1.82, 2.24) is 5.32 Å². The summed E-state index contributed by atoms with van der Waals surface area (Å²) in [5.41, 5.74) is 1.85. The quantitative estimate of drug-likeness (QED) is 0.890. The van der Waals surface area contributed by atoms with Gasteiger partial charge in [0.25, 0.3) is 5.91 Å². The molecule has 19 heavy (non-hydrogen) atoms. The average Bonchev–Trinajstić information content (AvgIpc) is 2.76. The predicted octanol–water partition coefficient (Wildman–Crippen LogP) is 4.16. The molecule has 0 saturated heterocycles. The van der Waals surface area contributed by atoms with Crippen LogP contribution in [0.1, 0.15) is 42.1 Å². The van der Waals surface area contributed by atoms with E-state index in [2.05, 4.69) is 28.2 Å². The van der Waals surface area contributed by atoms with E-state index >= 15 is 0 Å². The number of carbonyl (C=O) groups excluding carboxylic acids is 1. The second-order valence-electron chi connectivity index (χ2n) is 5.08. The molecule has 0 aromatic heterocycles. The predicted molar refractivity (Wildman–Crippen MR) is 85.9 cm³/mol. The molecule has 2 unspecified atom stereocenters. The second kappa shape index (κ2) is 6.80. The molecule has 1 aliphatic rings. The molecule has 1 N–H and O–H groups in total. The molecule has 4 heteroatoms. The van der Waals surface area contributed by atoms with Crippen molar-refractivity contribution in [2.24, 2.45) is 0 Å². The molecule has 1 saturated carbocycles. The van der Waals surface area contributed by atoms with Crippen molar-refractivity contribution in [3.8, 4) is 0 Å². The van der Waals surface area contributed by atoms with E-state index in [0.717, 1.165) is 39.4 Å². The molecule has 1 aromatic rings. The van der Waals surface area contributed by atoms with Crippen LogP contribution in [0.2, 0.25) is 0 Å². The molecule has 104 valence electrons. The van der Waals surface area contributed by atoms with Gasteiger partial charge in [-0.25, -0.2) is 0 Å². The van der Waals surface area contributed by atoms with Gasteiger partial charge in [0.1, 0.15) is 0 Å². The monoisotopic (exact) mass is 341 g/mol. The van der Waals surface area contributed by atoms with Crippen LogP contribution < -0.4 is 5.32 Å². The van der Waals surface area contributed by atoms with Gasteiger partial charge in [0.05, 0.1) is 0 Å². The van der Waals surface area contributed by atoms with Crippen molar-refractivity contribution in [2.75, 3.05) is 5.75 Å². The molecule has 2 rings (SSSR count). The van der Waals surface area contributed by atoms with Gasteiger partial charge in [-0.3, -0.25) is 4.79 Å². The first-order valence-electron chi connectivity index (χ1n) is 6.78. The van der Waals surface area contributed by atoms with E-state index in [4.69, 9.17) is 0 Å². The summed E-state index contributed by atoms with van der Waals surface area (Å²) in [5.74, 6) is 1.22. The summed E-state index contributed by atoms with van der Waals surface area (Å²) in [6, 6.07) is 6.18. The number of benzene rings is 1. The van der Waals surface area contributed by atoms with Gasteiger partial charge in [0.15, 0.2) is 0 Å². The zero-order valence-electron chi connectivity index (χ0n) is 11.4. The lowest BCUT2D eigenvalue weighted by molar-refractivity contribution is 0.0938. The van der Waals surface area contributed by atoms with E-state index in [1.807, 2.05) is 36.9 Å². The van der Waals surface area contributed by atoms with Crippen LogP contribution in [0.4, 0.5) is 0 Å². The van der Waals surface area contributed by atoms with Gasteiger partial charge in [-0.05, 0) is 55.7 Å². The highest BCUT2D eigenvalue weighted by molar-refractivity contribution is 9.10. The summed E-state index contributed by atoms with van der Waals surface area (Å²) in [5, 5.41) is 3.89. The third-order valence-electron chi connectivity index (χ3n) is 3.43. The maximum atomic E-state index is 12.2. The summed E-state index contributed by atoms with van der Waals surface area (Å²) in [4.78, 5) is 12.2. The fourth-order valence-electron chi connectivity index (χ4n) is 2.59. The lowest BCUT2D eigenvalue weighted by atomic mass is 10.1. The Morgan fingerprint density at radius 2 is 2.21 bits per heavy atom. The molecule has 0 heterocycles. The Hall–Kier alpha value is -0.480. The maximum absolute atomic E-state index is 12.2. The molecule has 0 radical (unpaired) electrons. The molecule has 1 aliphatic carbocycles. The first-order valence-corrected chi connectivity index (χ1v) is 8.62. The van der Waals surface area contributed by atoms with E-state index in [-0.39, 0.29) is 5.91 Å². The Bertz CT molecular complexity index is 443. The summed E-state index contributed by atoms with van der Waals surface area (Å²) < 4.78 is 0.962. The number of thioether (sulfide) groups is 1. The van der Waals surface area contributed by atoms with Crippen molar-refractivity contribution in [1.29, 1.82) is 0 Å². The van der Waals surface area contributed by atoms with Crippen molar-refractivity contribution in [3.05, 3.63) is 33.8 Å². The van der Waals surface area contributed by atoms with Crippen LogP contribution in [0, 0.1) is 6.92 Å². The highest BCUT2D eigenvalue weighted by Crippen LogP contribution is 2.29. The molecular formula is C15H20BrNOS. The Kier molecular flexibility index (Phi) is 5.34. The Balaban J connectivity index is 1.94. The van der Waals surface area contributed by atoms with Gasteiger partial charge in [-0.15, -0.1) is 0 Å².